The average Bonchev–Trinajstić information content (AvgIpc) is 2.60. The number of rotatable bonds is 4. The fraction of sp³-hybridized carbons (Fsp3) is 0.200. The maximum Gasteiger partial charge on any atom is 0.134 e. The Bertz CT molecular complexity index is 853. The molecule has 0 aromatic heterocycles. The van der Waals surface area contributed by atoms with E-state index in [0.29, 0.717) is 0 Å². The van der Waals surface area contributed by atoms with Gasteiger partial charge in [0, 0.05) is 21.9 Å². The standard InChI is InChI=1S/C20H20O3/c1-13-9-10-18(21-2)16(11-13)17-12-19(22-3)14-7-5-6-8-15(14)20(17)23-4/h5-12H,1-4H3. The average molecular weight is 308 g/mol. The van der Waals surface area contributed by atoms with E-state index in [4.69, 9.17) is 14.2 Å². The van der Waals surface area contributed by atoms with Crippen molar-refractivity contribution < 1.29 is 14.2 Å². The van der Waals surface area contributed by atoms with Crippen LogP contribution in [-0.4, -0.2) is 21.3 Å². The van der Waals surface area contributed by atoms with Gasteiger partial charge in [-0.15, -0.1) is 0 Å². The molecule has 0 heterocycles. The van der Waals surface area contributed by atoms with E-state index >= 15 is 0 Å². The zero-order valence-electron chi connectivity index (χ0n) is 13.8. The molecule has 0 bridgehead atoms. The smallest absolute Gasteiger partial charge is 0.134 e. The van der Waals surface area contributed by atoms with E-state index in [1.807, 2.05) is 42.5 Å². The zero-order chi connectivity index (χ0) is 16.4. The van der Waals surface area contributed by atoms with Gasteiger partial charge >= 0.3 is 0 Å². The molecule has 0 aliphatic rings. The van der Waals surface area contributed by atoms with Gasteiger partial charge in [0.1, 0.15) is 17.2 Å². The molecule has 3 nitrogen and oxygen atoms in total. The summed E-state index contributed by atoms with van der Waals surface area (Å²) in [6.07, 6.45) is 0. The highest BCUT2D eigenvalue weighted by molar-refractivity contribution is 6.00. The molecule has 0 aliphatic heterocycles. The Balaban J connectivity index is 2.40. The summed E-state index contributed by atoms with van der Waals surface area (Å²) in [6.45, 7) is 2.06. The van der Waals surface area contributed by atoms with E-state index in [1.165, 1.54) is 0 Å². The number of benzene rings is 3. The summed E-state index contributed by atoms with van der Waals surface area (Å²) in [5.41, 5.74) is 3.12. The maximum atomic E-state index is 5.74. The number of fused-ring (bicyclic) bond motifs is 1. The summed E-state index contributed by atoms with van der Waals surface area (Å²) in [5.74, 6) is 2.46. The molecule has 3 aromatic rings. The normalized spacial score (nSPS) is 10.6. The molecular weight excluding hydrogens is 288 g/mol. The molecule has 3 heteroatoms. The minimum absolute atomic E-state index is 0.811. The van der Waals surface area contributed by atoms with Crippen molar-refractivity contribution in [2.75, 3.05) is 21.3 Å². The Hall–Kier alpha value is -2.68. The molecule has 118 valence electrons. The predicted octanol–water partition coefficient (Wildman–Crippen LogP) is 4.84. The largest absolute Gasteiger partial charge is 0.496 e. The molecule has 0 atom stereocenters. The first-order valence-corrected chi connectivity index (χ1v) is 7.48. The van der Waals surface area contributed by atoms with Crippen LogP contribution in [0.1, 0.15) is 5.56 Å². The van der Waals surface area contributed by atoms with Gasteiger partial charge in [-0.1, -0.05) is 35.9 Å². The predicted molar refractivity (Wildman–Crippen MR) is 93.8 cm³/mol. The van der Waals surface area contributed by atoms with E-state index in [2.05, 4.69) is 13.0 Å². The Kier molecular flexibility index (Phi) is 4.11. The van der Waals surface area contributed by atoms with Gasteiger partial charge < -0.3 is 14.2 Å². The quantitative estimate of drug-likeness (QED) is 0.690. The number of hydrogen-bond donors (Lipinski definition) is 0. The van der Waals surface area contributed by atoms with Gasteiger partial charge in [-0.25, -0.2) is 0 Å². The minimum Gasteiger partial charge on any atom is -0.496 e. The molecule has 0 amide bonds. The van der Waals surface area contributed by atoms with Crippen LogP contribution in [0.5, 0.6) is 17.2 Å². The van der Waals surface area contributed by atoms with Crippen LogP contribution >= 0.6 is 0 Å². The highest BCUT2D eigenvalue weighted by Crippen LogP contribution is 2.44. The second-order valence-corrected chi connectivity index (χ2v) is 5.41. The van der Waals surface area contributed by atoms with E-state index in [-0.39, 0.29) is 0 Å². The fourth-order valence-corrected chi connectivity index (χ4v) is 2.94. The maximum absolute atomic E-state index is 5.74. The Morgan fingerprint density at radius 3 is 2.00 bits per heavy atom. The van der Waals surface area contributed by atoms with Gasteiger partial charge in [0.2, 0.25) is 0 Å². The van der Waals surface area contributed by atoms with Crippen molar-refractivity contribution in [3.63, 3.8) is 0 Å². The fourth-order valence-electron chi connectivity index (χ4n) is 2.94. The SMILES string of the molecule is COc1ccc(C)cc1-c1cc(OC)c2ccccc2c1OC. The van der Waals surface area contributed by atoms with Crippen molar-refractivity contribution in [1.29, 1.82) is 0 Å². The molecule has 23 heavy (non-hydrogen) atoms. The molecule has 0 fully saturated rings. The van der Waals surface area contributed by atoms with Crippen molar-refractivity contribution in [1.82, 2.24) is 0 Å². The zero-order valence-corrected chi connectivity index (χ0v) is 13.8. The van der Waals surface area contributed by atoms with E-state index < -0.39 is 0 Å². The van der Waals surface area contributed by atoms with Crippen LogP contribution in [-0.2, 0) is 0 Å². The summed E-state index contributed by atoms with van der Waals surface area (Å²) >= 11 is 0. The van der Waals surface area contributed by atoms with E-state index in [1.54, 1.807) is 21.3 Å². The Morgan fingerprint density at radius 2 is 1.35 bits per heavy atom. The second kappa shape index (κ2) is 6.21. The highest BCUT2D eigenvalue weighted by Gasteiger charge is 2.17. The molecule has 0 radical (unpaired) electrons. The van der Waals surface area contributed by atoms with Gasteiger partial charge in [0.15, 0.2) is 0 Å². The monoisotopic (exact) mass is 308 g/mol. The number of ether oxygens (including phenoxy) is 3. The lowest BCUT2D eigenvalue weighted by molar-refractivity contribution is 0.408. The van der Waals surface area contributed by atoms with Crippen LogP contribution in [0.4, 0.5) is 0 Å². The molecule has 0 aliphatic carbocycles. The summed E-state index contributed by atoms with van der Waals surface area (Å²) in [5, 5.41) is 2.05. The molecule has 0 saturated heterocycles. The number of aryl methyl sites for hydroxylation is 1. The molecule has 3 aromatic carbocycles. The molecule has 0 unspecified atom stereocenters. The molecule has 0 saturated carbocycles. The third-order valence-corrected chi connectivity index (χ3v) is 4.03. The van der Waals surface area contributed by atoms with Crippen LogP contribution in [0, 0.1) is 6.92 Å². The lowest BCUT2D eigenvalue weighted by Crippen LogP contribution is -1.95. The second-order valence-electron chi connectivity index (χ2n) is 5.41. The summed E-state index contributed by atoms with van der Waals surface area (Å²) < 4.78 is 16.9. The topological polar surface area (TPSA) is 27.7 Å². The molecular formula is C20H20O3. The van der Waals surface area contributed by atoms with Gasteiger partial charge in [-0.2, -0.15) is 0 Å². The third kappa shape index (κ3) is 2.59. The Labute approximate surface area is 136 Å². The summed E-state index contributed by atoms with van der Waals surface area (Å²) in [4.78, 5) is 0. The first kappa shape index (κ1) is 15.2. The minimum atomic E-state index is 0.811. The highest BCUT2D eigenvalue weighted by atomic mass is 16.5. The summed E-state index contributed by atoms with van der Waals surface area (Å²) in [6, 6.07) is 16.2. The number of methoxy groups -OCH3 is 3. The van der Waals surface area contributed by atoms with Crippen LogP contribution in [0.3, 0.4) is 0 Å². The first-order chi connectivity index (χ1) is 11.2. The van der Waals surface area contributed by atoms with E-state index in [9.17, 15) is 0 Å². The van der Waals surface area contributed by atoms with Crippen LogP contribution in [0.2, 0.25) is 0 Å². The lowest BCUT2D eigenvalue weighted by atomic mass is 9.96. The van der Waals surface area contributed by atoms with Gasteiger partial charge in [0.05, 0.1) is 21.3 Å². The van der Waals surface area contributed by atoms with E-state index in [0.717, 1.165) is 44.7 Å². The molecule has 0 spiro atoms. The number of hydrogen-bond acceptors (Lipinski definition) is 3. The lowest BCUT2D eigenvalue weighted by Gasteiger charge is -2.17. The van der Waals surface area contributed by atoms with Crippen LogP contribution in [0.25, 0.3) is 21.9 Å². The van der Waals surface area contributed by atoms with Crippen LogP contribution < -0.4 is 14.2 Å². The molecule has 0 N–H and O–H groups in total. The van der Waals surface area contributed by atoms with Crippen molar-refractivity contribution in [3.8, 4) is 28.4 Å². The van der Waals surface area contributed by atoms with Gasteiger partial charge in [-0.3, -0.25) is 0 Å². The van der Waals surface area contributed by atoms with Crippen molar-refractivity contribution in [2.45, 2.75) is 6.92 Å². The molecule has 3 rings (SSSR count). The van der Waals surface area contributed by atoms with Gasteiger partial charge in [-0.05, 0) is 25.1 Å². The first-order valence-electron chi connectivity index (χ1n) is 7.48. The Morgan fingerprint density at radius 1 is 0.652 bits per heavy atom. The van der Waals surface area contributed by atoms with Crippen LogP contribution in [0.15, 0.2) is 48.5 Å². The summed E-state index contributed by atoms with van der Waals surface area (Å²) in [7, 11) is 5.06. The van der Waals surface area contributed by atoms with Crippen molar-refractivity contribution in [3.05, 3.63) is 54.1 Å². The third-order valence-electron chi connectivity index (χ3n) is 4.03. The van der Waals surface area contributed by atoms with Crippen molar-refractivity contribution in [2.24, 2.45) is 0 Å². The van der Waals surface area contributed by atoms with Crippen molar-refractivity contribution >= 4 is 10.8 Å². The van der Waals surface area contributed by atoms with Gasteiger partial charge in [0.25, 0.3) is 0 Å².